The lowest BCUT2D eigenvalue weighted by atomic mass is 10.2. The Balaban J connectivity index is 1.67. The maximum Gasteiger partial charge on any atom is 0.243 e. The van der Waals surface area contributed by atoms with Crippen LogP contribution in [-0.2, 0) is 14.3 Å². The third kappa shape index (κ3) is 6.00. The van der Waals surface area contributed by atoms with Gasteiger partial charge in [-0.3, -0.25) is 9.59 Å². The first-order chi connectivity index (χ1) is 11.0. The molecule has 1 heterocycles. The molecule has 1 aliphatic rings. The lowest BCUT2D eigenvalue weighted by Gasteiger charge is -2.18. The highest BCUT2D eigenvalue weighted by molar-refractivity contribution is 5.94. The first kappa shape index (κ1) is 17.4. The Morgan fingerprint density at radius 2 is 2.04 bits per heavy atom. The van der Waals surface area contributed by atoms with Gasteiger partial charge in [0.05, 0.1) is 19.2 Å². The second-order valence-electron chi connectivity index (χ2n) is 5.93. The number of likely N-dealkylation sites (N-methyl/N-ethyl adjacent to an activating group) is 1. The molecule has 6 nitrogen and oxygen atoms in total. The van der Waals surface area contributed by atoms with Gasteiger partial charge >= 0.3 is 0 Å². The SMILES string of the molecule is Cc1ccc(NC(=O)CN(C)C(=O)CNCC2CCCO2)cc1. The van der Waals surface area contributed by atoms with Crippen molar-refractivity contribution in [2.45, 2.75) is 25.9 Å². The zero-order valence-corrected chi connectivity index (χ0v) is 13.8. The fraction of sp³-hybridized carbons (Fsp3) is 0.529. The van der Waals surface area contributed by atoms with Gasteiger partial charge in [-0.2, -0.15) is 0 Å². The summed E-state index contributed by atoms with van der Waals surface area (Å²) in [6, 6.07) is 7.55. The highest BCUT2D eigenvalue weighted by Gasteiger charge is 2.17. The number of aryl methyl sites for hydroxylation is 1. The summed E-state index contributed by atoms with van der Waals surface area (Å²) in [5, 5.41) is 5.87. The van der Waals surface area contributed by atoms with E-state index in [0.717, 1.165) is 30.7 Å². The van der Waals surface area contributed by atoms with Gasteiger partial charge < -0.3 is 20.3 Å². The predicted molar refractivity (Wildman–Crippen MR) is 89.3 cm³/mol. The van der Waals surface area contributed by atoms with Crippen LogP contribution in [0.25, 0.3) is 0 Å². The molecule has 6 heteroatoms. The van der Waals surface area contributed by atoms with Crippen molar-refractivity contribution in [2.24, 2.45) is 0 Å². The van der Waals surface area contributed by atoms with E-state index in [9.17, 15) is 9.59 Å². The number of anilines is 1. The zero-order chi connectivity index (χ0) is 16.7. The molecule has 1 saturated heterocycles. The van der Waals surface area contributed by atoms with Crippen molar-refractivity contribution in [1.82, 2.24) is 10.2 Å². The van der Waals surface area contributed by atoms with Gasteiger partial charge in [-0.25, -0.2) is 0 Å². The van der Waals surface area contributed by atoms with Crippen molar-refractivity contribution in [3.8, 4) is 0 Å². The molecule has 1 fully saturated rings. The summed E-state index contributed by atoms with van der Waals surface area (Å²) < 4.78 is 5.48. The molecule has 0 spiro atoms. The molecule has 2 rings (SSSR count). The van der Waals surface area contributed by atoms with Gasteiger partial charge in [0, 0.05) is 25.9 Å². The summed E-state index contributed by atoms with van der Waals surface area (Å²) in [6.07, 6.45) is 2.33. The Bertz CT molecular complexity index is 524. The normalized spacial score (nSPS) is 17.0. The predicted octanol–water partition coefficient (Wildman–Crippen LogP) is 1.16. The number of rotatable bonds is 7. The molecule has 126 valence electrons. The second-order valence-corrected chi connectivity index (χ2v) is 5.93. The minimum atomic E-state index is -0.205. The van der Waals surface area contributed by atoms with Crippen LogP contribution in [0.15, 0.2) is 24.3 Å². The van der Waals surface area contributed by atoms with Gasteiger partial charge in [-0.1, -0.05) is 17.7 Å². The summed E-state index contributed by atoms with van der Waals surface area (Å²) in [5.74, 6) is -0.314. The Morgan fingerprint density at radius 3 is 2.70 bits per heavy atom. The van der Waals surface area contributed by atoms with E-state index in [0.29, 0.717) is 6.54 Å². The molecule has 2 amide bonds. The number of benzene rings is 1. The van der Waals surface area contributed by atoms with Gasteiger partial charge in [0.15, 0.2) is 0 Å². The first-order valence-electron chi connectivity index (χ1n) is 7.97. The lowest BCUT2D eigenvalue weighted by Crippen LogP contribution is -2.41. The number of carbonyl (C=O) groups excluding carboxylic acids is 2. The van der Waals surface area contributed by atoms with Gasteiger partial charge in [-0.15, -0.1) is 0 Å². The number of hydrogen-bond donors (Lipinski definition) is 2. The molecule has 1 unspecified atom stereocenters. The van der Waals surface area contributed by atoms with E-state index in [1.54, 1.807) is 7.05 Å². The van der Waals surface area contributed by atoms with E-state index in [-0.39, 0.29) is 31.0 Å². The van der Waals surface area contributed by atoms with Crippen molar-refractivity contribution in [1.29, 1.82) is 0 Å². The molecule has 0 aromatic heterocycles. The van der Waals surface area contributed by atoms with Gasteiger partial charge in [0.2, 0.25) is 11.8 Å². The van der Waals surface area contributed by atoms with Crippen molar-refractivity contribution in [3.05, 3.63) is 29.8 Å². The minimum Gasteiger partial charge on any atom is -0.377 e. The van der Waals surface area contributed by atoms with Crippen molar-refractivity contribution in [3.63, 3.8) is 0 Å². The third-order valence-electron chi connectivity index (χ3n) is 3.81. The Morgan fingerprint density at radius 1 is 1.30 bits per heavy atom. The van der Waals surface area contributed by atoms with Crippen LogP contribution in [0.4, 0.5) is 5.69 Å². The molecule has 0 radical (unpaired) electrons. The van der Waals surface area contributed by atoms with Crippen LogP contribution in [-0.4, -0.2) is 56.1 Å². The fourth-order valence-corrected chi connectivity index (χ4v) is 2.42. The molecule has 2 N–H and O–H groups in total. The van der Waals surface area contributed by atoms with Crippen LogP contribution >= 0.6 is 0 Å². The molecular formula is C17H25N3O3. The van der Waals surface area contributed by atoms with Crippen LogP contribution in [0.1, 0.15) is 18.4 Å². The van der Waals surface area contributed by atoms with E-state index >= 15 is 0 Å². The topological polar surface area (TPSA) is 70.7 Å². The third-order valence-corrected chi connectivity index (χ3v) is 3.81. The van der Waals surface area contributed by atoms with E-state index in [1.165, 1.54) is 4.90 Å². The van der Waals surface area contributed by atoms with Gasteiger partial charge in [-0.05, 0) is 31.9 Å². The molecule has 0 bridgehead atoms. The summed E-state index contributed by atoms with van der Waals surface area (Å²) in [6.45, 7) is 3.72. The molecule has 1 aromatic carbocycles. The molecule has 1 atom stereocenters. The largest absolute Gasteiger partial charge is 0.377 e. The highest BCUT2D eigenvalue weighted by atomic mass is 16.5. The standard InChI is InChI=1S/C17H25N3O3/c1-13-5-7-14(8-6-13)19-16(21)12-20(2)17(22)11-18-10-15-4-3-9-23-15/h5-8,15,18H,3-4,9-12H2,1-2H3,(H,19,21). The smallest absolute Gasteiger partial charge is 0.243 e. The van der Waals surface area contributed by atoms with E-state index in [4.69, 9.17) is 4.74 Å². The number of nitrogens with one attached hydrogen (secondary N) is 2. The quantitative estimate of drug-likeness (QED) is 0.791. The number of amides is 2. The fourth-order valence-electron chi connectivity index (χ4n) is 2.42. The molecule has 23 heavy (non-hydrogen) atoms. The molecule has 1 aromatic rings. The Kier molecular flexibility index (Phi) is 6.55. The van der Waals surface area contributed by atoms with E-state index in [1.807, 2.05) is 31.2 Å². The summed E-state index contributed by atoms with van der Waals surface area (Å²) >= 11 is 0. The summed E-state index contributed by atoms with van der Waals surface area (Å²) in [5.41, 5.74) is 1.87. The second kappa shape index (κ2) is 8.64. The average Bonchev–Trinajstić information content (AvgIpc) is 3.02. The van der Waals surface area contributed by atoms with Crippen molar-refractivity contribution < 1.29 is 14.3 Å². The molecule has 0 aliphatic carbocycles. The van der Waals surface area contributed by atoms with E-state index in [2.05, 4.69) is 10.6 Å². The van der Waals surface area contributed by atoms with E-state index < -0.39 is 0 Å². The summed E-state index contributed by atoms with van der Waals surface area (Å²) in [7, 11) is 1.63. The van der Waals surface area contributed by atoms with Gasteiger partial charge in [0.1, 0.15) is 0 Å². The van der Waals surface area contributed by atoms with Crippen molar-refractivity contribution in [2.75, 3.05) is 38.6 Å². The van der Waals surface area contributed by atoms with Crippen LogP contribution < -0.4 is 10.6 Å². The number of nitrogens with zero attached hydrogens (tertiary/aromatic N) is 1. The number of ether oxygens (including phenoxy) is 1. The first-order valence-corrected chi connectivity index (χ1v) is 7.97. The lowest BCUT2D eigenvalue weighted by molar-refractivity contribution is -0.132. The molecule has 1 aliphatic heterocycles. The van der Waals surface area contributed by atoms with Crippen LogP contribution in [0, 0.1) is 6.92 Å². The van der Waals surface area contributed by atoms with Crippen molar-refractivity contribution >= 4 is 17.5 Å². The molecular weight excluding hydrogens is 294 g/mol. The summed E-state index contributed by atoms with van der Waals surface area (Å²) in [4.78, 5) is 25.4. The Labute approximate surface area is 137 Å². The van der Waals surface area contributed by atoms with Crippen LogP contribution in [0.5, 0.6) is 0 Å². The molecule has 0 saturated carbocycles. The van der Waals surface area contributed by atoms with Crippen LogP contribution in [0.2, 0.25) is 0 Å². The average molecular weight is 319 g/mol. The zero-order valence-electron chi connectivity index (χ0n) is 13.8. The van der Waals surface area contributed by atoms with Gasteiger partial charge in [0.25, 0.3) is 0 Å². The monoisotopic (exact) mass is 319 g/mol. The number of carbonyl (C=O) groups is 2. The van der Waals surface area contributed by atoms with Crippen LogP contribution in [0.3, 0.4) is 0 Å². The number of hydrogen-bond acceptors (Lipinski definition) is 4. The highest BCUT2D eigenvalue weighted by Crippen LogP contribution is 2.10. The maximum atomic E-state index is 12.0. The Hall–Kier alpha value is -1.92. The minimum absolute atomic E-state index is 0.0360. The maximum absolute atomic E-state index is 12.0.